The van der Waals surface area contributed by atoms with E-state index in [0.29, 0.717) is 37.9 Å². The van der Waals surface area contributed by atoms with Crippen LogP contribution in [0.1, 0.15) is 78.1 Å². The fourth-order valence-corrected chi connectivity index (χ4v) is 4.46. The molecule has 0 aliphatic carbocycles. The van der Waals surface area contributed by atoms with Crippen molar-refractivity contribution in [1.82, 2.24) is 15.1 Å². The third-order valence-electron chi connectivity index (χ3n) is 7.10. The Morgan fingerprint density at radius 3 is 2.38 bits per heavy atom. The third-order valence-corrected chi connectivity index (χ3v) is 7.10. The van der Waals surface area contributed by atoms with Crippen molar-refractivity contribution >= 4 is 17.8 Å². The maximum Gasteiger partial charge on any atom is 0.411 e. The van der Waals surface area contributed by atoms with Crippen molar-refractivity contribution in [3.8, 4) is 5.75 Å². The minimum Gasteiger partial charge on any atom is -0.489 e. The van der Waals surface area contributed by atoms with E-state index in [9.17, 15) is 14.4 Å². The number of likely N-dealkylation sites (N-methyl/N-ethyl adjacent to an activating group) is 1. The van der Waals surface area contributed by atoms with E-state index in [1.54, 1.807) is 13.8 Å². The van der Waals surface area contributed by atoms with E-state index in [2.05, 4.69) is 31.0 Å². The largest absolute Gasteiger partial charge is 0.489 e. The second-order valence-corrected chi connectivity index (χ2v) is 10.4. The van der Waals surface area contributed by atoms with Gasteiger partial charge in [0.1, 0.15) is 18.4 Å². The number of nitrogens with one attached hydrogen (secondary N) is 1. The van der Waals surface area contributed by atoms with Crippen molar-refractivity contribution in [2.24, 2.45) is 0 Å². The van der Waals surface area contributed by atoms with E-state index in [1.165, 1.54) is 11.8 Å². The minimum absolute atomic E-state index is 0.266. The lowest BCUT2D eigenvalue weighted by molar-refractivity contribution is -0.134. The molecule has 8 heteroatoms. The number of Topliss-reactive ketones (excluding diaryl/α,β-unsaturated/α-hetero) is 1. The highest BCUT2D eigenvalue weighted by Gasteiger charge is 2.40. The molecule has 0 radical (unpaired) electrons. The molecule has 0 fully saturated rings. The lowest BCUT2D eigenvalue weighted by atomic mass is 9.92. The molecular weight excluding hydrogens is 506 g/mol. The zero-order chi connectivity index (χ0) is 29.9. The standard InChI is InChI=1S/C30H41N3O5.C2H6/c1-7-32(21(2)3)18-16-31-28(35)27-26-14-13-25(37-20-23-11-9-8-10-12-23)19-24(26)15-17-33(27)29(36)38-30(5,6)22(4)34;1-2/h8-14,19,21,27H,7,15-18,20H2,1-6H3,(H,31,35);1-2H3. The van der Waals surface area contributed by atoms with Crippen molar-refractivity contribution in [1.29, 1.82) is 0 Å². The Kier molecular flexibility index (Phi) is 12.6. The fourth-order valence-electron chi connectivity index (χ4n) is 4.46. The Hall–Kier alpha value is -3.39. The zero-order valence-corrected chi connectivity index (χ0v) is 25.5. The van der Waals surface area contributed by atoms with Crippen LogP contribution in [-0.4, -0.2) is 65.4 Å². The molecule has 2 amide bonds. The van der Waals surface area contributed by atoms with E-state index >= 15 is 0 Å². The highest BCUT2D eigenvalue weighted by molar-refractivity contribution is 5.90. The molecule has 2 aromatic carbocycles. The highest BCUT2D eigenvalue weighted by Crippen LogP contribution is 2.34. The number of hydrogen-bond donors (Lipinski definition) is 1. The third kappa shape index (κ3) is 8.81. The minimum atomic E-state index is -1.29. The molecule has 1 atom stereocenters. The molecular formula is C32H47N3O5. The summed E-state index contributed by atoms with van der Waals surface area (Å²) in [4.78, 5) is 42.4. The molecule has 0 aromatic heterocycles. The van der Waals surface area contributed by atoms with Gasteiger partial charge in [0.15, 0.2) is 11.4 Å². The predicted octanol–water partition coefficient (Wildman–Crippen LogP) is 5.54. The van der Waals surface area contributed by atoms with E-state index < -0.39 is 17.7 Å². The maximum absolute atomic E-state index is 13.5. The van der Waals surface area contributed by atoms with Crippen LogP contribution in [0.15, 0.2) is 48.5 Å². The second-order valence-electron chi connectivity index (χ2n) is 10.4. The topological polar surface area (TPSA) is 88.2 Å². The van der Waals surface area contributed by atoms with E-state index in [0.717, 1.165) is 23.2 Å². The number of fused-ring (bicyclic) bond motifs is 1. The van der Waals surface area contributed by atoms with Gasteiger partial charge >= 0.3 is 6.09 Å². The molecule has 1 unspecified atom stereocenters. The van der Waals surface area contributed by atoms with Crippen LogP contribution in [-0.2, 0) is 27.4 Å². The Bertz CT molecular complexity index is 1120. The van der Waals surface area contributed by atoms with Gasteiger partial charge in [-0.05, 0) is 76.4 Å². The maximum atomic E-state index is 13.5. The summed E-state index contributed by atoms with van der Waals surface area (Å²) < 4.78 is 11.6. The van der Waals surface area contributed by atoms with Crippen LogP contribution in [0, 0.1) is 0 Å². The number of nitrogens with zero attached hydrogens (tertiary/aromatic N) is 2. The molecule has 1 aliphatic rings. The summed E-state index contributed by atoms with van der Waals surface area (Å²) in [5.41, 5.74) is 1.46. The Morgan fingerprint density at radius 2 is 1.77 bits per heavy atom. The number of amides is 2. The molecule has 0 saturated heterocycles. The van der Waals surface area contributed by atoms with Crippen LogP contribution in [0.2, 0.25) is 0 Å². The molecule has 1 aliphatic heterocycles. The van der Waals surface area contributed by atoms with Crippen LogP contribution in [0.5, 0.6) is 5.75 Å². The van der Waals surface area contributed by atoms with Crippen molar-refractivity contribution < 1.29 is 23.9 Å². The molecule has 3 rings (SSSR count). The van der Waals surface area contributed by atoms with E-state index in [4.69, 9.17) is 9.47 Å². The van der Waals surface area contributed by atoms with E-state index in [-0.39, 0.29) is 18.2 Å². The van der Waals surface area contributed by atoms with Gasteiger partial charge in [0.05, 0.1) is 0 Å². The van der Waals surface area contributed by atoms with Gasteiger partial charge in [-0.2, -0.15) is 0 Å². The molecule has 8 nitrogen and oxygen atoms in total. The van der Waals surface area contributed by atoms with Crippen LogP contribution >= 0.6 is 0 Å². The Balaban J connectivity index is 0.00000274. The average molecular weight is 554 g/mol. The first-order chi connectivity index (χ1) is 19.0. The smallest absolute Gasteiger partial charge is 0.411 e. The number of ether oxygens (including phenoxy) is 2. The second kappa shape index (κ2) is 15.4. The first-order valence-corrected chi connectivity index (χ1v) is 14.4. The van der Waals surface area contributed by atoms with Crippen LogP contribution in [0.4, 0.5) is 4.79 Å². The SMILES string of the molecule is CC.CCN(CCNC(=O)C1c2ccc(OCc3ccccc3)cc2CCN1C(=O)OC(C)(C)C(C)=O)C(C)C. The fraction of sp³-hybridized carbons (Fsp3) is 0.531. The summed E-state index contributed by atoms with van der Waals surface area (Å²) in [6.07, 6.45) is -0.147. The molecule has 2 aromatic rings. The molecule has 1 heterocycles. The predicted molar refractivity (Wildman–Crippen MR) is 158 cm³/mol. The monoisotopic (exact) mass is 553 g/mol. The first-order valence-electron chi connectivity index (χ1n) is 14.4. The van der Waals surface area contributed by atoms with Gasteiger partial charge in [-0.25, -0.2) is 4.79 Å². The molecule has 220 valence electrons. The number of carbonyl (C=O) groups is 3. The Labute approximate surface area is 240 Å². The number of ketones is 1. The van der Waals surface area contributed by atoms with Gasteiger partial charge in [-0.3, -0.25) is 19.4 Å². The summed E-state index contributed by atoms with van der Waals surface area (Å²) in [6.45, 7) is 17.6. The number of carbonyl (C=O) groups excluding carboxylic acids is 3. The van der Waals surface area contributed by atoms with Crippen molar-refractivity contribution in [3.63, 3.8) is 0 Å². The number of benzene rings is 2. The summed E-state index contributed by atoms with van der Waals surface area (Å²) in [7, 11) is 0. The molecule has 0 bridgehead atoms. The molecule has 1 N–H and O–H groups in total. The molecule has 0 spiro atoms. The van der Waals surface area contributed by atoms with Gasteiger partial charge < -0.3 is 14.8 Å². The van der Waals surface area contributed by atoms with Crippen molar-refractivity contribution in [2.75, 3.05) is 26.2 Å². The summed E-state index contributed by atoms with van der Waals surface area (Å²) >= 11 is 0. The first kappa shape index (κ1) is 32.8. The summed E-state index contributed by atoms with van der Waals surface area (Å²) in [6, 6.07) is 15.0. The van der Waals surface area contributed by atoms with Gasteiger partial charge in [-0.15, -0.1) is 0 Å². The quantitative estimate of drug-likeness (QED) is 0.393. The van der Waals surface area contributed by atoms with Gasteiger partial charge in [-0.1, -0.05) is 57.2 Å². The molecule has 0 saturated carbocycles. The number of rotatable bonds is 11. The lowest BCUT2D eigenvalue weighted by Crippen LogP contribution is -2.50. The zero-order valence-electron chi connectivity index (χ0n) is 25.5. The van der Waals surface area contributed by atoms with E-state index in [1.807, 2.05) is 62.4 Å². The normalized spacial score (nSPS) is 14.7. The number of hydrogen-bond acceptors (Lipinski definition) is 6. The van der Waals surface area contributed by atoms with Crippen LogP contribution in [0.3, 0.4) is 0 Å². The average Bonchev–Trinajstić information content (AvgIpc) is 2.94. The van der Waals surface area contributed by atoms with Gasteiger partial charge in [0, 0.05) is 25.7 Å². The highest BCUT2D eigenvalue weighted by atomic mass is 16.6. The van der Waals surface area contributed by atoms with Crippen molar-refractivity contribution in [2.45, 2.75) is 86.1 Å². The summed E-state index contributed by atoms with van der Waals surface area (Å²) in [5.74, 6) is 0.162. The van der Waals surface area contributed by atoms with Gasteiger partial charge in [0.25, 0.3) is 0 Å². The van der Waals surface area contributed by atoms with Crippen molar-refractivity contribution in [3.05, 3.63) is 65.2 Å². The van der Waals surface area contributed by atoms with Crippen LogP contribution < -0.4 is 10.1 Å². The lowest BCUT2D eigenvalue weighted by Gasteiger charge is -2.37. The Morgan fingerprint density at radius 1 is 1.10 bits per heavy atom. The van der Waals surface area contributed by atoms with Crippen LogP contribution in [0.25, 0.3) is 0 Å². The summed E-state index contributed by atoms with van der Waals surface area (Å²) in [5, 5.41) is 3.02. The van der Waals surface area contributed by atoms with Gasteiger partial charge in [0.2, 0.25) is 5.91 Å². The molecule has 40 heavy (non-hydrogen) atoms.